The van der Waals surface area contributed by atoms with Gasteiger partial charge in [0.05, 0.1) is 18.1 Å². The maximum Gasteiger partial charge on any atom is 0.410 e. The molecule has 2 fully saturated rings. The SMILES string of the molecule is N#CCc1ccc(F)c(C(=O)C2CC3CCCC(C2)N3C(=O)OCc2ccccc2)c1. The number of ketones is 1. The molecule has 0 aromatic heterocycles. The van der Waals surface area contributed by atoms with E-state index in [1.807, 2.05) is 36.4 Å². The molecule has 160 valence electrons. The Labute approximate surface area is 181 Å². The molecule has 4 rings (SSSR count). The van der Waals surface area contributed by atoms with Gasteiger partial charge in [-0.05, 0) is 55.4 Å². The number of benzene rings is 2. The molecule has 0 spiro atoms. The molecule has 1 amide bonds. The summed E-state index contributed by atoms with van der Waals surface area (Å²) in [7, 11) is 0. The molecule has 2 heterocycles. The molecule has 2 atom stereocenters. The van der Waals surface area contributed by atoms with Crippen molar-refractivity contribution >= 4 is 11.9 Å². The number of ether oxygens (including phenoxy) is 1. The van der Waals surface area contributed by atoms with Crippen LogP contribution in [0.4, 0.5) is 9.18 Å². The molecule has 2 aromatic carbocycles. The van der Waals surface area contributed by atoms with Crippen LogP contribution in [0.5, 0.6) is 0 Å². The molecular weight excluding hydrogens is 395 g/mol. The highest BCUT2D eigenvalue weighted by Gasteiger charge is 2.44. The second-order valence-electron chi connectivity index (χ2n) is 8.37. The van der Waals surface area contributed by atoms with Crippen molar-refractivity contribution < 1.29 is 18.7 Å². The third-order valence-electron chi connectivity index (χ3n) is 6.34. The average molecular weight is 420 g/mol. The zero-order valence-electron chi connectivity index (χ0n) is 17.3. The van der Waals surface area contributed by atoms with E-state index in [2.05, 4.69) is 0 Å². The average Bonchev–Trinajstić information content (AvgIpc) is 2.78. The van der Waals surface area contributed by atoms with Crippen LogP contribution in [0.25, 0.3) is 0 Å². The van der Waals surface area contributed by atoms with E-state index in [1.165, 1.54) is 18.2 Å². The number of carbonyl (C=O) groups excluding carboxylic acids is 2. The molecule has 2 aliphatic heterocycles. The van der Waals surface area contributed by atoms with E-state index in [4.69, 9.17) is 10.00 Å². The Bertz CT molecular complexity index is 988. The molecule has 2 bridgehead atoms. The zero-order valence-corrected chi connectivity index (χ0v) is 17.3. The Morgan fingerprint density at radius 2 is 1.77 bits per heavy atom. The Kier molecular flexibility index (Phi) is 6.31. The Balaban J connectivity index is 1.46. The third kappa shape index (κ3) is 4.61. The summed E-state index contributed by atoms with van der Waals surface area (Å²) in [6.07, 6.45) is 3.46. The predicted molar refractivity (Wildman–Crippen MR) is 113 cm³/mol. The van der Waals surface area contributed by atoms with Crippen LogP contribution in [0.1, 0.15) is 53.6 Å². The minimum absolute atomic E-state index is 0.0518. The predicted octanol–water partition coefficient (Wildman–Crippen LogP) is 5.04. The monoisotopic (exact) mass is 420 g/mol. The Morgan fingerprint density at radius 1 is 1.06 bits per heavy atom. The standard InChI is InChI=1S/C25H25FN2O3/c26-23-10-9-17(11-12-27)13-22(23)24(29)19-14-20-7-4-8-21(15-19)28(20)25(30)31-16-18-5-2-1-3-6-18/h1-3,5-6,9-10,13,19-21H,4,7-8,11,14-16H2. The van der Waals surface area contributed by atoms with Gasteiger partial charge in [0.15, 0.2) is 5.78 Å². The number of carbonyl (C=O) groups is 2. The van der Waals surface area contributed by atoms with Crippen LogP contribution in [0, 0.1) is 23.1 Å². The quantitative estimate of drug-likeness (QED) is 0.635. The fourth-order valence-electron chi connectivity index (χ4n) is 4.87. The number of nitrogens with zero attached hydrogens (tertiary/aromatic N) is 2. The van der Waals surface area contributed by atoms with Crippen molar-refractivity contribution in [2.24, 2.45) is 5.92 Å². The van der Waals surface area contributed by atoms with Gasteiger partial charge in [-0.2, -0.15) is 5.26 Å². The smallest absolute Gasteiger partial charge is 0.410 e. The van der Waals surface area contributed by atoms with Gasteiger partial charge in [-0.15, -0.1) is 0 Å². The highest BCUT2D eigenvalue weighted by Crippen LogP contribution is 2.39. The van der Waals surface area contributed by atoms with E-state index in [9.17, 15) is 14.0 Å². The lowest BCUT2D eigenvalue weighted by molar-refractivity contribution is 0.00464. The van der Waals surface area contributed by atoms with E-state index in [0.29, 0.717) is 18.4 Å². The van der Waals surface area contributed by atoms with Crippen molar-refractivity contribution in [2.75, 3.05) is 0 Å². The lowest BCUT2D eigenvalue weighted by Gasteiger charge is -2.47. The van der Waals surface area contributed by atoms with Gasteiger partial charge in [-0.3, -0.25) is 4.79 Å². The van der Waals surface area contributed by atoms with Gasteiger partial charge in [0.25, 0.3) is 0 Å². The van der Waals surface area contributed by atoms with Crippen LogP contribution < -0.4 is 0 Å². The van der Waals surface area contributed by atoms with Crippen LogP contribution in [0.2, 0.25) is 0 Å². The number of hydrogen-bond donors (Lipinski definition) is 0. The van der Waals surface area contributed by atoms with Gasteiger partial charge in [-0.1, -0.05) is 36.4 Å². The van der Waals surface area contributed by atoms with E-state index >= 15 is 0 Å². The maximum atomic E-state index is 14.4. The first-order valence-electron chi connectivity index (χ1n) is 10.8. The summed E-state index contributed by atoms with van der Waals surface area (Å²) in [5.74, 6) is -1.12. The number of amides is 1. The highest BCUT2D eigenvalue weighted by molar-refractivity contribution is 5.98. The topological polar surface area (TPSA) is 70.4 Å². The number of halogens is 1. The summed E-state index contributed by atoms with van der Waals surface area (Å²) >= 11 is 0. The van der Waals surface area contributed by atoms with Crippen molar-refractivity contribution in [2.45, 2.75) is 57.2 Å². The maximum absolute atomic E-state index is 14.4. The van der Waals surface area contributed by atoms with E-state index in [1.54, 1.807) is 4.90 Å². The van der Waals surface area contributed by atoms with Crippen LogP contribution in [-0.2, 0) is 17.8 Å². The third-order valence-corrected chi connectivity index (χ3v) is 6.34. The van der Waals surface area contributed by atoms with Gasteiger partial charge in [0, 0.05) is 18.0 Å². The van der Waals surface area contributed by atoms with Gasteiger partial charge in [0.2, 0.25) is 0 Å². The van der Waals surface area contributed by atoms with Crippen molar-refractivity contribution in [3.63, 3.8) is 0 Å². The van der Waals surface area contributed by atoms with Crippen LogP contribution in [0.15, 0.2) is 48.5 Å². The number of fused-ring (bicyclic) bond motifs is 2. The number of piperidine rings is 2. The summed E-state index contributed by atoms with van der Waals surface area (Å²) in [4.78, 5) is 27.8. The van der Waals surface area contributed by atoms with Crippen molar-refractivity contribution in [3.8, 4) is 6.07 Å². The normalized spacial score (nSPS) is 22.5. The molecule has 2 aromatic rings. The minimum atomic E-state index is -0.554. The summed E-state index contributed by atoms with van der Waals surface area (Å²) in [6.45, 7) is 0.217. The number of Topliss-reactive ketones (excluding diaryl/α,β-unsaturated/α-hetero) is 1. The lowest BCUT2D eigenvalue weighted by Crippen LogP contribution is -2.55. The number of rotatable bonds is 5. The lowest BCUT2D eigenvalue weighted by atomic mass is 9.75. The van der Waals surface area contributed by atoms with Crippen LogP contribution in [-0.4, -0.2) is 28.9 Å². The molecule has 0 radical (unpaired) electrons. The Hall–Kier alpha value is -3.20. The Morgan fingerprint density at radius 3 is 2.45 bits per heavy atom. The second-order valence-corrected chi connectivity index (χ2v) is 8.37. The largest absolute Gasteiger partial charge is 0.445 e. The molecule has 0 N–H and O–H groups in total. The van der Waals surface area contributed by atoms with Crippen molar-refractivity contribution in [1.29, 1.82) is 5.26 Å². The number of nitriles is 1. The van der Waals surface area contributed by atoms with Crippen LogP contribution >= 0.6 is 0 Å². The van der Waals surface area contributed by atoms with Gasteiger partial charge >= 0.3 is 6.09 Å². The molecule has 6 heteroatoms. The second kappa shape index (κ2) is 9.30. The molecule has 5 nitrogen and oxygen atoms in total. The van der Waals surface area contributed by atoms with E-state index < -0.39 is 5.82 Å². The molecule has 0 aliphatic carbocycles. The number of hydrogen-bond acceptors (Lipinski definition) is 4. The van der Waals surface area contributed by atoms with E-state index in [-0.39, 0.29) is 48.5 Å². The van der Waals surface area contributed by atoms with Gasteiger partial charge in [0.1, 0.15) is 12.4 Å². The molecular formula is C25H25FN2O3. The fraction of sp³-hybridized carbons (Fsp3) is 0.400. The fourth-order valence-corrected chi connectivity index (χ4v) is 4.87. The van der Waals surface area contributed by atoms with Gasteiger partial charge in [-0.25, -0.2) is 9.18 Å². The zero-order chi connectivity index (χ0) is 21.8. The molecule has 2 aliphatic rings. The first-order valence-corrected chi connectivity index (χ1v) is 10.8. The van der Waals surface area contributed by atoms with E-state index in [0.717, 1.165) is 24.8 Å². The summed E-state index contributed by atoms with van der Waals surface area (Å²) in [6, 6.07) is 15.7. The molecule has 2 unspecified atom stereocenters. The molecule has 2 saturated heterocycles. The minimum Gasteiger partial charge on any atom is -0.445 e. The summed E-state index contributed by atoms with van der Waals surface area (Å²) in [5.41, 5.74) is 1.61. The van der Waals surface area contributed by atoms with Crippen molar-refractivity contribution in [3.05, 3.63) is 71.0 Å². The summed E-state index contributed by atoms with van der Waals surface area (Å²) < 4.78 is 19.9. The van der Waals surface area contributed by atoms with Gasteiger partial charge < -0.3 is 9.64 Å². The first-order chi connectivity index (χ1) is 15.1. The highest BCUT2D eigenvalue weighted by atomic mass is 19.1. The first kappa shape index (κ1) is 21.0. The van der Waals surface area contributed by atoms with Crippen LogP contribution in [0.3, 0.4) is 0 Å². The summed E-state index contributed by atoms with van der Waals surface area (Å²) in [5, 5.41) is 8.90. The van der Waals surface area contributed by atoms with Crippen molar-refractivity contribution in [1.82, 2.24) is 4.90 Å². The molecule has 0 saturated carbocycles. The molecule has 31 heavy (non-hydrogen) atoms.